The van der Waals surface area contributed by atoms with Gasteiger partial charge in [0.05, 0.1) is 24.7 Å². The van der Waals surface area contributed by atoms with E-state index in [1.54, 1.807) is 6.20 Å². The van der Waals surface area contributed by atoms with Gasteiger partial charge in [0.1, 0.15) is 0 Å². The highest BCUT2D eigenvalue weighted by Crippen LogP contribution is 2.17. The van der Waals surface area contributed by atoms with Crippen molar-refractivity contribution in [3.63, 3.8) is 0 Å². The van der Waals surface area contributed by atoms with E-state index < -0.39 is 0 Å². The van der Waals surface area contributed by atoms with Crippen molar-refractivity contribution in [2.75, 3.05) is 11.4 Å². The molecule has 0 bridgehead atoms. The predicted molar refractivity (Wildman–Crippen MR) is 79.7 cm³/mol. The van der Waals surface area contributed by atoms with E-state index in [2.05, 4.69) is 44.0 Å². The van der Waals surface area contributed by atoms with Crippen molar-refractivity contribution in [3.05, 3.63) is 58.8 Å². The van der Waals surface area contributed by atoms with Crippen LogP contribution in [0, 0.1) is 11.3 Å². The van der Waals surface area contributed by atoms with Crippen LogP contribution in [0.5, 0.6) is 0 Å². The van der Waals surface area contributed by atoms with Crippen LogP contribution < -0.4 is 4.90 Å². The van der Waals surface area contributed by atoms with Crippen molar-refractivity contribution in [1.82, 2.24) is 4.98 Å². The van der Waals surface area contributed by atoms with Crippen LogP contribution in [0.25, 0.3) is 0 Å². The Morgan fingerprint density at radius 1 is 1.16 bits per heavy atom. The van der Waals surface area contributed by atoms with E-state index in [9.17, 15) is 0 Å². The van der Waals surface area contributed by atoms with Crippen molar-refractivity contribution in [3.8, 4) is 6.07 Å². The number of nitrogens with zero attached hydrogens (tertiary/aromatic N) is 3. The molecule has 0 unspecified atom stereocenters. The minimum Gasteiger partial charge on any atom is -0.365 e. The van der Waals surface area contributed by atoms with Crippen molar-refractivity contribution >= 4 is 21.6 Å². The van der Waals surface area contributed by atoms with Crippen molar-refractivity contribution < 1.29 is 0 Å². The first-order valence-corrected chi connectivity index (χ1v) is 6.86. The van der Waals surface area contributed by atoms with Crippen LogP contribution in [0.2, 0.25) is 0 Å². The highest BCUT2D eigenvalue weighted by atomic mass is 79.9. The second-order valence-corrected chi connectivity index (χ2v) is 5.05. The zero-order valence-electron chi connectivity index (χ0n) is 10.5. The Bertz CT molecular complexity index is 546. The van der Waals surface area contributed by atoms with Gasteiger partial charge in [-0.05, 0) is 40.2 Å². The fourth-order valence-corrected chi connectivity index (χ4v) is 2.05. The van der Waals surface area contributed by atoms with E-state index in [1.165, 1.54) is 0 Å². The first kappa shape index (κ1) is 13.6. The molecule has 2 rings (SSSR count). The summed E-state index contributed by atoms with van der Waals surface area (Å²) in [5.41, 5.74) is 2.10. The number of benzene rings is 1. The molecule has 0 saturated carbocycles. The number of hydrogen-bond donors (Lipinski definition) is 0. The van der Waals surface area contributed by atoms with E-state index in [0.717, 1.165) is 15.9 Å². The average molecular weight is 316 g/mol. The number of para-hydroxylation sites is 1. The number of rotatable bonds is 5. The highest BCUT2D eigenvalue weighted by molar-refractivity contribution is 9.10. The lowest BCUT2D eigenvalue weighted by atomic mass is 10.2. The molecule has 0 aliphatic carbocycles. The molecule has 0 saturated heterocycles. The Hall–Kier alpha value is -1.86. The summed E-state index contributed by atoms with van der Waals surface area (Å²) in [5, 5.41) is 8.77. The van der Waals surface area contributed by atoms with Gasteiger partial charge in [-0.2, -0.15) is 5.26 Å². The lowest BCUT2D eigenvalue weighted by Gasteiger charge is -2.23. The minimum absolute atomic E-state index is 0.505. The smallest absolute Gasteiger partial charge is 0.0640 e. The fraction of sp³-hybridized carbons (Fsp3) is 0.200. The zero-order chi connectivity index (χ0) is 13.5. The standard InChI is InChI=1S/C15H14BrN3/c16-13-7-8-14(18-11-13)12-19(10-4-9-17)15-5-2-1-3-6-15/h1-3,5-8,11H,4,10,12H2. The quantitative estimate of drug-likeness (QED) is 0.843. The van der Waals surface area contributed by atoms with Crippen LogP contribution in [-0.4, -0.2) is 11.5 Å². The predicted octanol–water partition coefficient (Wildman–Crippen LogP) is 3.76. The molecule has 2 aromatic rings. The van der Waals surface area contributed by atoms with Crippen LogP contribution in [0.3, 0.4) is 0 Å². The van der Waals surface area contributed by atoms with Gasteiger partial charge in [-0.3, -0.25) is 4.98 Å². The summed E-state index contributed by atoms with van der Waals surface area (Å²) in [5.74, 6) is 0. The van der Waals surface area contributed by atoms with Gasteiger partial charge in [-0.1, -0.05) is 18.2 Å². The molecule has 0 radical (unpaired) electrons. The van der Waals surface area contributed by atoms with Crippen LogP contribution in [-0.2, 0) is 6.54 Å². The zero-order valence-corrected chi connectivity index (χ0v) is 12.0. The Labute approximate surface area is 121 Å². The van der Waals surface area contributed by atoms with E-state index in [1.807, 2.05) is 30.3 Å². The topological polar surface area (TPSA) is 39.9 Å². The number of anilines is 1. The maximum absolute atomic E-state index is 8.77. The summed E-state index contributed by atoms with van der Waals surface area (Å²) in [6, 6.07) is 16.3. The highest BCUT2D eigenvalue weighted by Gasteiger charge is 2.07. The second kappa shape index (κ2) is 6.91. The molecule has 0 fully saturated rings. The molecule has 0 aliphatic rings. The first-order chi connectivity index (χ1) is 9.29. The normalized spacial score (nSPS) is 9.89. The van der Waals surface area contributed by atoms with Crippen LogP contribution in [0.4, 0.5) is 5.69 Å². The van der Waals surface area contributed by atoms with Crippen molar-refractivity contribution in [2.24, 2.45) is 0 Å². The Morgan fingerprint density at radius 2 is 1.95 bits per heavy atom. The van der Waals surface area contributed by atoms with Gasteiger partial charge in [-0.15, -0.1) is 0 Å². The van der Waals surface area contributed by atoms with E-state index in [4.69, 9.17) is 5.26 Å². The Balaban J connectivity index is 2.14. The molecule has 1 heterocycles. The molecule has 0 amide bonds. The molecule has 4 heteroatoms. The van der Waals surface area contributed by atoms with E-state index >= 15 is 0 Å². The summed E-state index contributed by atoms with van der Waals surface area (Å²) in [7, 11) is 0. The van der Waals surface area contributed by atoms with Gasteiger partial charge >= 0.3 is 0 Å². The van der Waals surface area contributed by atoms with Gasteiger partial charge in [0, 0.05) is 22.9 Å². The lowest BCUT2D eigenvalue weighted by Crippen LogP contribution is -2.24. The number of nitriles is 1. The first-order valence-electron chi connectivity index (χ1n) is 6.07. The SMILES string of the molecule is N#CCCN(Cc1ccc(Br)cn1)c1ccccc1. The minimum atomic E-state index is 0.505. The van der Waals surface area contributed by atoms with Crippen LogP contribution in [0.15, 0.2) is 53.1 Å². The van der Waals surface area contributed by atoms with E-state index in [0.29, 0.717) is 19.5 Å². The van der Waals surface area contributed by atoms with Crippen LogP contribution >= 0.6 is 15.9 Å². The number of aromatic nitrogens is 1. The van der Waals surface area contributed by atoms with Gasteiger partial charge in [0.15, 0.2) is 0 Å². The Kier molecular flexibility index (Phi) is 4.93. The second-order valence-electron chi connectivity index (χ2n) is 4.13. The Morgan fingerprint density at radius 3 is 2.58 bits per heavy atom. The summed E-state index contributed by atoms with van der Waals surface area (Å²) < 4.78 is 0.972. The number of pyridine rings is 1. The largest absolute Gasteiger partial charge is 0.365 e. The maximum Gasteiger partial charge on any atom is 0.0640 e. The third kappa shape index (κ3) is 4.08. The summed E-state index contributed by atoms with van der Waals surface area (Å²) in [4.78, 5) is 6.55. The van der Waals surface area contributed by atoms with Gasteiger partial charge in [-0.25, -0.2) is 0 Å². The third-order valence-corrected chi connectivity index (χ3v) is 3.23. The average Bonchev–Trinajstić information content (AvgIpc) is 2.46. The van der Waals surface area contributed by atoms with Gasteiger partial charge in [0.25, 0.3) is 0 Å². The number of hydrogen-bond acceptors (Lipinski definition) is 3. The van der Waals surface area contributed by atoms with Crippen molar-refractivity contribution in [1.29, 1.82) is 5.26 Å². The number of halogens is 1. The molecule has 3 nitrogen and oxygen atoms in total. The molecular formula is C15H14BrN3. The van der Waals surface area contributed by atoms with Gasteiger partial charge < -0.3 is 4.90 Å². The molecule has 0 aliphatic heterocycles. The molecule has 0 N–H and O–H groups in total. The summed E-state index contributed by atoms with van der Waals surface area (Å²) >= 11 is 3.38. The molecule has 96 valence electrons. The van der Waals surface area contributed by atoms with E-state index in [-0.39, 0.29) is 0 Å². The third-order valence-electron chi connectivity index (χ3n) is 2.76. The molecule has 1 aromatic heterocycles. The molecule has 0 atom stereocenters. The summed E-state index contributed by atoms with van der Waals surface area (Å²) in [6.45, 7) is 1.41. The summed E-state index contributed by atoms with van der Waals surface area (Å²) in [6.07, 6.45) is 2.30. The lowest BCUT2D eigenvalue weighted by molar-refractivity contribution is 0.780. The fourth-order valence-electron chi connectivity index (χ4n) is 1.82. The molecule has 19 heavy (non-hydrogen) atoms. The monoisotopic (exact) mass is 315 g/mol. The molecular weight excluding hydrogens is 302 g/mol. The van der Waals surface area contributed by atoms with Gasteiger partial charge in [0.2, 0.25) is 0 Å². The van der Waals surface area contributed by atoms with Crippen LogP contribution in [0.1, 0.15) is 12.1 Å². The van der Waals surface area contributed by atoms with Crippen molar-refractivity contribution in [2.45, 2.75) is 13.0 Å². The maximum atomic E-state index is 8.77. The molecule has 0 spiro atoms. The molecule has 1 aromatic carbocycles.